The van der Waals surface area contributed by atoms with Crippen LogP contribution in [0.4, 0.5) is 0 Å². The van der Waals surface area contributed by atoms with E-state index in [1.54, 1.807) is 12.3 Å². The molecule has 1 aliphatic heterocycles. The number of hydrogen-bond acceptors (Lipinski definition) is 3. The minimum absolute atomic E-state index is 0.0446. The van der Waals surface area contributed by atoms with Gasteiger partial charge < -0.3 is 15.1 Å². The van der Waals surface area contributed by atoms with E-state index < -0.39 is 5.54 Å². The second-order valence-corrected chi connectivity index (χ2v) is 6.16. The molecule has 2 atom stereocenters. The van der Waals surface area contributed by atoms with Gasteiger partial charge >= 0.3 is 0 Å². The van der Waals surface area contributed by atoms with Crippen LogP contribution < -0.4 is 10.6 Å². The summed E-state index contributed by atoms with van der Waals surface area (Å²) in [6, 6.07) is 1.79. The Kier molecular flexibility index (Phi) is 3.74. The van der Waals surface area contributed by atoms with Gasteiger partial charge in [0.05, 0.1) is 29.8 Å². The Bertz CT molecular complexity index is 551. The number of aryl methyl sites for hydroxylation is 1. The van der Waals surface area contributed by atoms with Crippen LogP contribution in [-0.4, -0.2) is 23.4 Å². The Morgan fingerprint density at radius 3 is 3.19 bits per heavy atom. The van der Waals surface area contributed by atoms with Gasteiger partial charge in [0.25, 0.3) is 5.91 Å². The zero-order chi connectivity index (χ0) is 14.9. The lowest BCUT2D eigenvalue weighted by Gasteiger charge is -2.38. The Labute approximate surface area is 124 Å². The Morgan fingerprint density at radius 1 is 1.52 bits per heavy atom. The van der Waals surface area contributed by atoms with E-state index >= 15 is 0 Å². The summed E-state index contributed by atoms with van der Waals surface area (Å²) in [7, 11) is 0. The van der Waals surface area contributed by atoms with Gasteiger partial charge in [-0.15, -0.1) is 0 Å². The van der Waals surface area contributed by atoms with Crippen molar-refractivity contribution in [3.05, 3.63) is 23.7 Å². The van der Waals surface area contributed by atoms with Crippen molar-refractivity contribution in [3.8, 4) is 0 Å². The number of carbonyl (C=O) groups is 2. The van der Waals surface area contributed by atoms with Crippen LogP contribution in [0.15, 0.2) is 16.7 Å². The zero-order valence-corrected chi connectivity index (χ0v) is 12.4. The molecule has 1 aromatic rings. The van der Waals surface area contributed by atoms with Gasteiger partial charge in [-0.1, -0.05) is 19.8 Å². The van der Waals surface area contributed by atoms with Crippen molar-refractivity contribution in [1.82, 2.24) is 10.6 Å². The summed E-state index contributed by atoms with van der Waals surface area (Å²) in [5.74, 6) is 0.662. The highest BCUT2D eigenvalue weighted by Crippen LogP contribution is 2.35. The molecule has 2 N–H and O–H groups in total. The fourth-order valence-corrected chi connectivity index (χ4v) is 3.64. The molecule has 1 saturated carbocycles. The fraction of sp³-hybridized carbons (Fsp3) is 0.625. The van der Waals surface area contributed by atoms with Gasteiger partial charge in [0.15, 0.2) is 0 Å². The molecule has 1 saturated heterocycles. The smallest absolute Gasteiger partial charge is 0.255 e. The third-order valence-corrected chi connectivity index (χ3v) is 4.67. The third-order valence-electron chi connectivity index (χ3n) is 4.67. The Morgan fingerprint density at radius 2 is 2.38 bits per heavy atom. The highest BCUT2D eigenvalue weighted by molar-refractivity contribution is 5.96. The number of fused-ring (bicyclic) bond motifs is 1. The van der Waals surface area contributed by atoms with Gasteiger partial charge in [-0.05, 0) is 25.3 Å². The minimum Gasteiger partial charge on any atom is -0.469 e. The number of nitrogens with one attached hydrogen (secondary N) is 2. The molecule has 2 amide bonds. The highest BCUT2D eigenvalue weighted by Gasteiger charge is 2.49. The first-order chi connectivity index (χ1) is 10.1. The Hall–Kier alpha value is -1.78. The maximum atomic E-state index is 12.6. The second-order valence-electron chi connectivity index (χ2n) is 6.16. The van der Waals surface area contributed by atoms with Crippen molar-refractivity contribution >= 4 is 11.8 Å². The molecule has 0 unspecified atom stereocenters. The normalized spacial score (nSPS) is 28.0. The van der Waals surface area contributed by atoms with Gasteiger partial charge in [0, 0.05) is 6.42 Å². The topological polar surface area (TPSA) is 71.3 Å². The van der Waals surface area contributed by atoms with E-state index in [0.29, 0.717) is 12.0 Å². The van der Waals surface area contributed by atoms with E-state index in [9.17, 15) is 9.59 Å². The molecule has 1 aromatic heterocycles. The largest absolute Gasteiger partial charge is 0.469 e. The SMILES string of the molecule is CCCc1occc1C(=O)N[C@@]12CCCC[C@@H]1NC(=O)C2. The molecule has 0 radical (unpaired) electrons. The zero-order valence-electron chi connectivity index (χ0n) is 12.4. The summed E-state index contributed by atoms with van der Waals surface area (Å²) in [5.41, 5.74) is 0.197. The average Bonchev–Trinajstić information content (AvgIpc) is 3.02. The first kappa shape index (κ1) is 14.2. The molecular formula is C16H22N2O3. The molecule has 5 nitrogen and oxygen atoms in total. The summed E-state index contributed by atoms with van der Waals surface area (Å²) in [4.78, 5) is 24.4. The summed E-state index contributed by atoms with van der Waals surface area (Å²) < 4.78 is 5.40. The van der Waals surface area contributed by atoms with Crippen LogP contribution in [0.25, 0.3) is 0 Å². The van der Waals surface area contributed by atoms with Crippen molar-refractivity contribution in [3.63, 3.8) is 0 Å². The molecule has 3 rings (SSSR count). The molecule has 2 fully saturated rings. The molecule has 1 aliphatic carbocycles. The number of hydrogen-bond donors (Lipinski definition) is 2. The van der Waals surface area contributed by atoms with Gasteiger partial charge in [0.1, 0.15) is 5.76 Å². The maximum absolute atomic E-state index is 12.6. The van der Waals surface area contributed by atoms with E-state index in [2.05, 4.69) is 17.6 Å². The van der Waals surface area contributed by atoms with E-state index in [1.807, 2.05) is 0 Å². The maximum Gasteiger partial charge on any atom is 0.255 e. The predicted octanol–water partition coefficient (Wildman–Crippen LogP) is 2.16. The number of carbonyl (C=O) groups excluding carboxylic acids is 2. The lowest BCUT2D eigenvalue weighted by molar-refractivity contribution is -0.119. The van der Waals surface area contributed by atoms with Crippen LogP contribution in [0.3, 0.4) is 0 Å². The van der Waals surface area contributed by atoms with Gasteiger partial charge in [-0.3, -0.25) is 9.59 Å². The molecule has 114 valence electrons. The van der Waals surface area contributed by atoms with Crippen LogP contribution in [-0.2, 0) is 11.2 Å². The van der Waals surface area contributed by atoms with Gasteiger partial charge in [0.2, 0.25) is 5.91 Å². The summed E-state index contributed by atoms with van der Waals surface area (Å²) in [6.07, 6.45) is 7.61. The van der Waals surface area contributed by atoms with Crippen LogP contribution in [0.2, 0.25) is 0 Å². The first-order valence-corrected chi connectivity index (χ1v) is 7.83. The number of rotatable bonds is 4. The Balaban J connectivity index is 1.79. The molecular weight excluding hydrogens is 268 g/mol. The van der Waals surface area contributed by atoms with Crippen molar-refractivity contribution in [2.45, 2.75) is 63.5 Å². The monoisotopic (exact) mass is 290 g/mol. The van der Waals surface area contributed by atoms with Gasteiger partial charge in [-0.2, -0.15) is 0 Å². The molecule has 0 spiro atoms. The molecule has 2 heterocycles. The van der Waals surface area contributed by atoms with E-state index in [0.717, 1.165) is 44.3 Å². The molecule has 0 bridgehead atoms. The first-order valence-electron chi connectivity index (χ1n) is 7.83. The summed E-state index contributed by atoms with van der Waals surface area (Å²) >= 11 is 0. The molecule has 5 heteroatoms. The van der Waals surface area contributed by atoms with Crippen molar-refractivity contribution < 1.29 is 14.0 Å². The fourth-order valence-electron chi connectivity index (χ4n) is 3.64. The van der Waals surface area contributed by atoms with Crippen molar-refractivity contribution in [1.29, 1.82) is 0 Å². The predicted molar refractivity (Wildman–Crippen MR) is 77.9 cm³/mol. The summed E-state index contributed by atoms with van der Waals surface area (Å²) in [5, 5.41) is 6.15. The van der Waals surface area contributed by atoms with Gasteiger partial charge in [-0.25, -0.2) is 0 Å². The lowest BCUT2D eigenvalue weighted by atomic mass is 9.77. The lowest BCUT2D eigenvalue weighted by Crippen LogP contribution is -2.57. The quantitative estimate of drug-likeness (QED) is 0.892. The standard InChI is InChI=1S/C16H22N2O3/c1-2-5-12-11(7-9-21-12)15(20)18-16-8-4-3-6-13(16)17-14(19)10-16/h7,9,13H,2-6,8,10H2,1H3,(H,17,19)(H,18,20)/t13-,16+/m0/s1. The third kappa shape index (κ3) is 2.57. The number of amides is 2. The van der Waals surface area contributed by atoms with Crippen LogP contribution >= 0.6 is 0 Å². The van der Waals surface area contributed by atoms with Crippen LogP contribution in [0.5, 0.6) is 0 Å². The van der Waals surface area contributed by atoms with E-state index in [-0.39, 0.29) is 17.9 Å². The van der Waals surface area contributed by atoms with Crippen molar-refractivity contribution in [2.75, 3.05) is 0 Å². The molecule has 2 aliphatic rings. The molecule has 21 heavy (non-hydrogen) atoms. The van der Waals surface area contributed by atoms with E-state index in [1.165, 1.54) is 0 Å². The second kappa shape index (κ2) is 5.54. The van der Waals surface area contributed by atoms with Crippen LogP contribution in [0, 0.1) is 0 Å². The summed E-state index contributed by atoms with van der Waals surface area (Å²) in [6.45, 7) is 2.06. The van der Waals surface area contributed by atoms with Crippen molar-refractivity contribution in [2.24, 2.45) is 0 Å². The average molecular weight is 290 g/mol. The minimum atomic E-state index is -0.410. The van der Waals surface area contributed by atoms with E-state index in [4.69, 9.17) is 4.42 Å². The number of furan rings is 1. The highest BCUT2D eigenvalue weighted by atomic mass is 16.3. The molecule has 0 aromatic carbocycles. The van der Waals surface area contributed by atoms with Crippen LogP contribution in [0.1, 0.15) is 61.6 Å².